The van der Waals surface area contributed by atoms with E-state index >= 15 is 0 Å². The average molecular weight is 281 g/mol. The number of methoxy groups -OCH3 is 1. The van der Waals surface area contributed by atoms with Gasteiger partial charge in [-0.1, -0.05) is 12.1 Å². The molecule has 4 heteroatoms. The largest absolute Gasteiger partial charge is 0.618 e. The number of rotatable bonds is 2. The maximum absolute atomic E-state index is 12.6. The third-order valence-electron chi connectivity index (χ3n) is 3.86. The van der Waals surface area contributed by atoms with Gasteiger partial charge in [-0.3, -0.25) is 4.79 Å². The van der Waals surface area contributed by atoms with Gasteiger partial charge in [0.05, 0.1) is 12.7 Å². The molecule has 1 aliphatic rings. The second-order valence-electron chi connectivity index (χ2n) is 5.13. The first kappa shape index (κ1) is 13.4. The lowest BCUT2D eigenvalue weighted by molar-refractivity contribution is -0.355. The van der Waals surface area contributed by atoms with Gasteiger partial charge >= 0.3 is 0 Å². The summed E-state index contributed by atoms with van der Waals surface area (Å²) < 4.78 is 5.97. The van der Waals surface area contributed by atoms with Gasteiger partial charge < -0.3 is 9.94 Å². The molecule has 0 radical (unpaired) electrons. The molecular formula is C17H15NO3. The van der Waals surface area contributed by atoms with Crippen molar-refractivity contribution in [3.63, 3.8) is 0 Å². The number of ketones is 1. The topological polar surface area (TPSA) is 52.4 Å². The van der Waals surface area contributed by atoms with Crippen LogP contribution in [-0.2, 0) is 0 Å². The number of carbonyl (C=O) groups excluding carboxylic acids is 1. The standard InChI is InChI=1S/C17H15NO3/c1-10-8-13-14(9-11(10)2)18(20)16(17(13)19)12-6-4-5-7-15(12)21-3/h4-9H,1-3H3. The van der Waals surface area contributed by atoms with Crippen LogP contribution in [0.25, 0.3) is 0 Å². The van der Waals surface area contributed by atoms with E-state index in [-0.39, 0.29) is 11.5 Å². The molecule has 0 saturated heterocycles. The van der Waals surface area contributed by atoms with Gasteiger partial charge in [0, 0.05) is 6.07 Å². The van der Waals surface area contributed by atoms with Crippen molar-refractivity contribution in [2.45, 2.75) is 13.8 Å². The minimum Gasteiger partial charge on any atom is -0.618 e. The number of Topliss-reactive ketones (excluding diaryl/α,β-unsaturated/α-hetero) is 1. The molecule has 0 saturated carbocycles. The molecule has 106 valence electrons. The molecule has 0 atom stereocenters. The molecule has 0 bridgehead atoms. The van der Waals surface area contributed by atoms with Gasteiger partial charge in [-0.05, 0) is 43.2 Å². The van der Waals surface area contributed by atoms with Crippen LogP contribution in [0.3, 0.4) is 0 Å². The highest BCUT2D eigenvalue weighted by Crippen LogP contribution is 2.32. The van der Waals surface area contributed by atoms with E-state index in [0.29, 0.717) is 27.3 Å². The summed E-state index contributed by atoms with van der Waals surface area (Å²) >= 11 is 0. The monoisotopic (exact) mass is 281 g/mol. The van der Waals surface area contributed by atoms with Crippen molar-refractivity contribution in [3.05, 3.63) is 63.9 Å². The van der Waals surface area contributed by atoms with Gasteiger partial charge in [0.25, 0.3) is 11.5 Å². The van der Waals surface area contributed by atoms with Crippen LogP contribution in [-0.4, -0.2) is 23.3 Å². The molecule has 0 unspecified atom stereocenters. The van der Waals surface area contributed by atoms with Gasteiger partial charge in [0.2, 0.25) is 5.69 Å². The quantitative estimate of drug-likeness (QED) is 0.627. The molecule has 0 fully saturated rings. The molecular weight excluding hydrogens is 266 g/mol. The highest BCUT2D eigenvalue weighted by Gasteiger charge is 2.38. The fourth-order valence-corrected chi connectivity index (χ4v) is 2.56. The Balaban J connectivity index is 2.24. The zero-order chi connectivity index (χ0) is 15.1. The van der Waals surface area contributed by atoms with Crippen LogP contribution in [0, 0.1) is 19.1 Å². The van der Waals surface area contributed by atoms with E-state index in [2.05, 4.69) is 0 Å². The maximum atomic E-state index is 12.6. The predicted molar refractivity (Wildman–Crippen MR) is 80.6 cm³/mol. The minimum absolute atomic E-state index is 0.118. The van der Waals surface area contributed by atoms with Crippen molar-refractivity contribution in [1.82, 2.24) is 0 Å². The third kappa shape index (κ3) is 1.91. The number of fused-ring (bicyclic) bond motifs is 1. The summed E-state index contributed by atoms with van der Waals surface area (Å²) in [5.74, 6) is 0.260. The van der Waals surface area contributed by atoms with Crippen LogP contribution >= 0.6 is 0 Å². The lowest BCUT2D eigenvalue weighted by Gasteiger charge is -2.06. The van der Waals surface area contributed by atoms with Crippen LogP contribution in [0.5, 0.6) is 5.75 Å². The molecule has 0 aromatic heterocycles. The van der Waals surface area contributed by atoms with Crippen LogP contribution < -0.4 is 4.74 Å². The smallest absolute Gasteiger partial charge is 0.276 e. The van der Waals surface area contributed by atoms with Crippen molar-refractivity contribution in [2.75, 3.05) is 7.11 Å². The molecule has 3 rings (SSSR count). The molecule has 0 aliphatic carbocycles. The minimum atomic E-state index is -0.257. The highest BCUT2D eigenvalue weighted by molar-refractivity contribution is 6.52. The summed E-state index contributed by atoms with van der Waals surface area (Å²) in [6.45, 7) is 3.86. The predicted octanol–water partition coefficient (Wildman–Crippen LogP) is 3.14. The van der Waals surface area contributed by atoms with Crippen molar-refractivity contribution in [3.8, 4) is 5.75 Å². The number of ether oxygens (including phenoxy) is 1. The molecule has 21 heavy (non-hydrogen) atoms. The SMILES string of the molecule is COc1ccccc1C1=[N+]([O-])c2cc(C)c(C)cc2C1=O. The molecule has 2 aromatic rings. The van der Waals surface area contributed by atoms with Crippen molar-refractivity contribution in [1.29, 1.82) is 0 Å². The summed E-state index contributed by atoms with van der Waals surface area (Å²) in [5.41, 5.74) is 3.48. The van der Waals surface area contributed by atoms with E-state index in [1.165, 1.54) is 7.11 Å². The summed E-state index contributed by atoms with van der Waals surface area (Å²) in [7, 11) is 1.52. The Hall–Kier alpha value is -2.62. The molecule has 0 N–H and O–H groups in total. The van der Waals surface area contributed by atoms with Crippen LogP contribution in [0.2, 0.25) is 0 Å². The van der Waals surface area contributed by atoms with E-state index in [4.69, 9.17) is 4.74 Å². The average Bonchev–Trinajstić information content (AvgIpc) is 2.71. The summed E-state index contributed by atoms with van der Waals surface area (Å²) in [4.78, 5) is 12.6. The van der Waals surface area contributed by atoms with E-state index in [0.717, 1.165) is 11.1 Å². The molecule has 1 aliphatic heterocycles. The highest BCUT2D eigenvalue weighted by atomic mass is 16.5. The summed E-state index contributed by atoms with van der Waals surface area (Å²) in [5, 5.41) is 12.5. The lowest BCUT2D eigenvalue weighted by atomic mass is 9.99. The maximum Gasteiger partial charge on any atom is 0.276 e. The van der Waals surface area contributed by atoms with Crippen molar-refractivity contribution in [2.24, 2.45) is 0 Å². The number of nitrogens with zero attached hydrogens (tertiary/aromatic N) is 1. The number of para-hydroxylation sites is 1. The fourth-order valence-electron chi connectivity index (χ4n) is 2.56. The normalized spacial score (nSPS) is 13.6. The first-order chi connectivity index (χ1) is 10.0. The van der Waals surface area contributed by atoms with Gasteiger partial charge in [-0.2, -0.15) is 4.74 Å². The number of benzene rings is 2. The number of carbonyl (C=O) groups is 1. The fraction of sp³-hybridized carbons (Fsp3) is 0.176. The second kappa shape index (κ2) is 4.74. The lowest BCUT2D eigenvalue weighted by Crippen LogP contribution is -2.17. The Morgan fingerprint density at radius 3 is 2.43 bits per heavy atom. The van der Waals surface area contributed by atoms with Gasteiger partial charge in [0.1, 0.15) is 11.3 Å². The Bertz CT molecular complexity index is 791. The molecule has 0 amide bonds. The Morgan fingerprint density at radius 1 is 1.05 bits per heavy atom. The Labute approximate surface area is 122 Å². The molecule has 2 aromatic carbocycles. The van der Waals surface area contributed by atoms with Gasteiger partial charge in [-0.25, -0.2) is 0 Å². The van der Waals surface area contributed by atoms with E-state index in [9.17, 15) is 10.0 Å². The Kier molecular flexibility index (Phi) is 3.01. The summed E-state index contributed by atoms with van der Waals surface area (Å²) in [6, 6.07) is 10.6. The van der Waals surface area contributed by atoms with E-state index < -0.39 is 0 Å². The van der Waals surface area contributed by atoms with E-state index in [1.807, 2.05) is 13.8 Å². The molecule has 4 nitrogen and oxygen atoms in total. The van der Waals surface area contributed by atoms with Crippen LogP contribution in [0.4, 0.5) is 5.69 Å². The number of aryl methyl sites for hydroxylation is 2. The number of hydrogen-bond donors (Lipinski definition) is 0. The zero-order valence-electron chi connectivity index (χ0n) is 12.1. The van der Waals surface area contributed by atoms with E-state index in [1.54, 1.807) is 36.4 Å². The Morgan fingerprint density at radius 2 is 1.71 bits per heavy atom. The van der Waals surface area contributed by atoms with Crippen LogP contribution in [0.15, 0.2) is 36.4 Å². The third-order valence-corrected chi connectivity index (χ3v) is 3.86. The molecule has 0 spiro atoms. The van der Waals surface area contributed by atoms with Crippen LogP contribution in [0.1, 0.15) is 27.0 Å². The number of hydrogen-bond acceptors (Lipinski definition) is 3. The zero-order valence-corrected chi connectivity index (χ0v) is 12.1. The van der Waals surface area contributed by atoms with Gasteiger partial charge in [-0.15, -0.1) is 0 Å². The second-order valence-corrected chi connectivity index (χ2v) is 5.13. The molecule has 1 heterocycles. The summed E-state index contributed by atoms with van der Waals surface area (Å²) in [6.07, 6.45) is 0. The first-order valence-electron chi connectivity index (χ1n) is 6.68. The first-order valence-corrected chi connectivity index (χ1v) is 6.68. The van der Waals surface area contributed by atoms with Crippen molar-refractivity contribution < 1.29 is 14.3 Å². The van der Waals surface area contributed by atoms with Gasteiger partial charge in [0.15, 0.2) is 0 Å². The van der Waals surface area contributed by atoms with Crippen molar-refractivity contribution >= 4 is 17.2 Å².